The maximum Gasteiger partial charge on any atom is 0.249 e. The molecule has 0 aliphatic carbocycles. The molecule has 0 unspecified atom stereocenters. The standard InChI is InChI=1S/C22H17N3O2/c26-22-14-17(7-4-12-27-15-16-5-2-1-3-6-16)19-9-8-18(13-21(19)24-22)20-10-11-23-25-20/h1-3,5-6,8-11,13-14H,12,15H2,(H,23,25)(H,24,26). The summed E-state index contributed by atoms with van der Waals surface area (Å²) < 4.78 is 5.58. The third kappa shape index (κ3) is 3.97. The summed E-state index contributed by atoms with van der Waals surface area (Å²) >= 11 is 0. The average molecular weight is 355 g/mol. The maximum atomic E-state index is 12.0. The summed E-state index contributed by atoms with van der Waals surface area (Å²) in [5, 5.41) is 7.86. The molecule has 27 heavy (non-hydrogen) atoms. The number of aromatic nitrogens is 3. The highest BCUT2D eigenvalue weighted by Gasteiger charge is 2.05. The summed E-state index contributed by atoms with van der Waals surface area (Å²) in [5.74, 6) is 6.04. The van der Waals surface area contributed by atoms with Gasteiger partial charge >= 0.3 is 0 Å². The predicted molar refractivity (Wildman–Crippen MR) is 105 cm³/mol. The van der Waals surface area contributed by atoms with Crippen LogP contribution in [0.25, 0.3) is 22.2 Å². The van der Waals surface area contributed by atoms with Gasteiger partial charge in [-0.15, -0.1) is 0 Å². The van der Waals surface area contributed by atoms with Gasteiger partial charge in [0.25, 0.3) is 0 Å². The molecule has 0 aliphatic heterocycles. The quantitative estimate of drug-likeness (QED) is 0.435. The molecule has 0 atom stereocenters. The van der Waals surface area contributed by atoms with Gasteiger partial charge in [-0.1, -0.05) is 54.3 Å². The summed E-state index contributed by atoms with van der Waals surface area (Å²) in [6, 6.07) is 19.2. The summed E-state index contributed by atoms with van der Waals surface area (Å²) in [4.78, 5) is 14.9. The number of rotatable bonds is 4. The van der Waals surface area contributed by atoms with Gasteiger partial charge in [0.1, 0.15) is 6.61 Å². The summed E-state index contributed by atoms with van der Waals surface area (Å²) in [6.07, 6.45) is 1.76. The number of nitrogens with zero attached hydrogens (tertiary/aromatic N) is 1. The first kappa shape index (κ1) is 16.8. The van der Waals surface area contributed by atoms with Crippen molar-refractivity contribution in [3.63, 3.8) is 0 Å². The molecule has 0 fully saturated rings. The number of aromatic amines is 2. The molecule has 5 nitrogen and oxygen atoms in total. The van der Waals surface area contributed by atoms with Crippen LogP contribution in [0.1, 0.15) is 11.1 Å². The Morgan fingerprint density at radius 2 is 1.93 bits per heavy atom. The van der Waals surface area contributed by atoms with Crippen molar-refractivity contribution in [2.75, 3.05) is 6.61 Å². The minimum atomic E-state index is -0.184. The van der Waals surface area contributed by atoms with Gasteiger partial charge < -0.3 is 9.72 Å². The van der Waals surface area contributed by atoms with Crippen molar-refractivity contribution >= 4 is 10.9 Å². The molecule has 0 aliphatic rings. The van der Waals surface area contributed by atoms with Crippen LogP contribution in [0.5, 0.6) is 0 Å². The topological polar surface area (TPSA) is 70.8 Å². The summed E-state index contributed by atoms with van der Waals surface area (Å²) in [6.45, 7) is 0.813. The van der Waals surface area contributed by atoms with Crippen LogP contribution >= 0.6 is 0 Å². The largest absolute Gasteiger partial charge is 0.364 e. The van der Waals surface area contributed by atoms with Gasteiger partial charge in [0.2, 0.25) is 5.56 Å². The summed E-state index contributed by atoms with van der Waals surface area (Å²) in [5.41, 5.74) is 4.09. The highest BCUT2D eigenvalue weighted by Crippen LogP contribution is 2.22. The number of hydrogen-bond donors (Lipinski definition) is 2. The van der Waals surface area contributed by atoms with E-state index in [9.17, 15) is 4.79 Å². The van der Waals surface area contributed by atoms with E-state index in [1.165, 1.54) is 6.07 Å². The van der Waals surface area contributed by atoms with Gasteiger partial charge in [-0.25, -0.2) is 0 Å². The van der Waals surface area contributed by atoms with E-state index in [0.29, 0.717) is 18.8 Å². The van der Waals surface area contributed by atoms with E-state index in [-0.39, 0.29) is 5.56 Å². The van der Waals surface area contributed by atoms with Crippen LogP contribution in [0.3, 0.4) is 0 Å². The molecule has 4 rings (SSSR count). The van der Waals surface area contributed by atoms with Crippen molar-refractivity contribution in [3.8, 4) is 23.1 Å². The summed E-state index contributed by atoms with van der Waals surface area (Å²) in [7, 11) is 0. The zero-order chi connectivity index (χ0) is 18.5. The molecular weight excluding hydrogens is 338 g/mol. The lowest BCUT2D eigenvalue weighted by Gasteiger charge is -2.03. The fourth-order valence-electron chi connectivity index (χ4n) is 2.87. The first-order chi connectivity index (χ1) is 13.3. The van der Waals surface area contributed by atoms with E-state index < -0.39 is 0 Å². The Balaban J connectivity index is 1.54. The Bertz CT molecular complexity index is 1170. The maximum absolute atomic E-state index is 12.0. The van der Waals surface area contributed by atoms with Crippen molar-refractivity contribution in [1.29, 1.82) is 0 Å². The third-order valence-electron chi connectivity index (χ3n) is 4.15. The number of H-pyrrole nitrogens is 2. The van der Waals surface area contributed by atoms with Crippen LogP contribution < -0.4 is 5.56 Å². The molecule has 132 valence electrons. The van der Waals surface area contributed by atoms with E-state index in [4.69, 9.17) is 4.74 Å². The van der Waals surface area contributed by atoms with Gasteiger partial charge in [-0.3, -0.25) is 9.89 Å². The van der Waals surface area contributed by atoms with Crippen LogP contribution in [0.2, 0.25) is 0 Å². The van der Waals surface area contributed by atoms with Gasteiger partial charge in [0, 0.05) is 28.8 Å². The van der Waals surface area contributed by atoms with E-state index in [1.54, 1.807) is 6.20 Å². The second-order valence-corrected chi connectivity index (χ2v) is 6.05. The van der Waals surface area contributed by atoms with Gasteiger partial charge in [0.05, 0.1) is 17.8 Å². The number of hydrogen-bond acceptors (Lipinski definition) is 3. The molecule has 2 aromatic heterocycles. The first-order valence-electron chi connectivity index (χ1n) is 8.57. The SMILES string of the molecule is O=c1cc(C#CCOCc2ccccc2)c2ccc(-c3cc[nH]n3)cc2[nH]1. The van der Waals surface area contributed by atoms with Gasteiger partial charge in [-0.05, 0) is 17.7 Å². The van der Waals surface area contributed by atoms with Crippen molar-refractivity contribution in [2.24, 2.45) is 0 Å². The molecule has 0 saturated heterocycles. The Morgan fingerprint density at radius 1 is 1.04 bits per heavy atom. The van der Waals surface area contributed by atoms with Crippen LogP contribution in [-0.2, 0) is 11.3 Å². The second kappa shape index (κ2) is 7.73. The molecular formula is C22H17N3O2. The lowest BCUT2D eigenvalue weighted by atomic mass is 10.1. The molecule has 0 spiro atoms. The van der Waals surface area contributed by atoms with E-state index >= 15 is 0 Å². The smallest absolute Gasteiger partial charge is 0.249 e. The highest BCUT2D eigenvalue weighted by atomic mass is 16.5. The number of benzene rings is 2. The van der Waals surface area contributed by atoms with E-state index in [2.05, 4.69) is 27.0 Å². The molecule has 0 saturated carbocycles. The molecule has 2 N–H and O–H groups in total. The normalized spacial score (nSPS) is 10.5. The van der Waals surface area contributed by atoms with Crippen LogP contribution in [0.4, 0.5) is 0 Å². The highest BCUT2D eigenvalue weighted by molar-refractivity contribution is 5.88. The Hall–Kier alpha value is -3.62. The lowest BCUT2D eigenvalue weighted by Crippen LogP contribution is -2.05. The van der Waals surface area contributed by atoms with Crippen molar-refractivity contribution < 1.29 is 4.74 Å². The average Bonchev–Trinajstić information content (AvgIpc) is 3.22. The zero-order valence-electron chi connectivity index (χ0n) is 14.5. The molecule has 2 aromatic carbocycles. The zero-order valence-corrected chi connectivity index (χ0v) is 14.5. The predicted octanol–water partition coefficient (Wildman–Crippen LogP) is 3.49. The number of nitrogens with one attached hydrogen (secondary N) is 2. The lowest BCUT2D eigenvalue weighted by molar-refractivity contribution is 0.153. The Morgan fingerprint density at radius 3 is 2.74 bits per heavy atom. The number of ether oxygens (including phenoxy) is 1. The van der Waals surface area contributed by atoms with Crippen LogP contribution in [0.15, 0.2) is 71.7 Å². The molecule has 4 aromatic rings. The first-order valence-corrected chi connectivity index (χ1v) is 8.57. The minimum Gasteiger partial charge on any atom is -0.364 e. The fraction of sp³-hybridized carbons (Fsp3) is 0.0909. The monoisotopic (exact) mass is 355 g/mol. The van der Waals surface area contributed by atoms with E-state index in [0.717, 1.165) is 27.7 Å². The van der Waals surface area contributed by atoms with Gasteiger partial charge in [-0.2, -0.15) is 5.10 Å². The van der Waals surface area contributed by atoms with Crippen molar-refractivity contribution in [1.82, 2.24) is 15.2 Å². The Kier molecular flexibility index (Phi) is 4.82. The van der Waals surface area contributed by atoms with Crippen LogP contribution in [-0.4, -0.2) is 21.8 Å². The molecule has 5 heteroatoms. The van der Waals surface area contributed by atoms with Gasteiger partial charge in [0.15, 0.2) is 0 Å². The minimum absolute atomic E-state index is 0.184. The van der Waals surface area contributed by atoms with Crippen molar-refractivity contribution in [2.45, 2.75) is 6.61 Å². The Labute approximate surface area is 156 Å². The molecule has 2 heterocycles. The molecule has 0 amide bonds. The second-order valence-electron chi connectivity index (χ2n) is 6.05. The van der Waals surface area contributed by atoms with Crippen molar-refractivity contribution in [3.05, 3.63) is 88.3 Å². The number of fused-ring (bicyclic) bond motifs is 1. The molecule has 0 radical (unpaired) electrons. The van der Waals surface area contributed by atoms with E-state index in [1.807, 2.05) is 54.6 Å². The molecule has 0 bridgehead atoms. The number of pyridine rings is 1. The fourth-order valence-corrected chi connectivity index (χ4v) is 2.87. The van der Waals surface area contributed by atoms with Crippen LogP contribution in [0, 0.1) is 11.8 Å². The third-order valence-corrected chi connectivity index (χ3v) is 4.15.